The van der Waals surface area contributed by atoms with Crippen molar-refractivity contribution in [1.29, 1.82) is 0 Å². The van der Waals surface area contributed by atoms with Crippen molar-refractivity contribution in [2.75, 3.05) is 12.8 Å². The van der Waals surface area contributed by atoms with Crippen LogP contribution in [-0.2, 0) is 0 Å². The Labute approximate surface area is 92.8 Å². The number of rotatable bonds is 2. The number of halogens is 1. The van der Waals surface area contributed by atoms with E-state index in [1.807, 2.05) is 6.07 Å². The van der Waals surface area contributed by atoms with E-state index in [1.165, 1.54) is 11.3 Å². The quantitative estimate of drug-likeness (QED) is 0.915. The SMILES string of the molecule is COc1sc(-c2cc(N)no2)cc1Br. The van der Waals surface area contributed by atoms with Crippen LogP contribution in [0.25, 0.3) is 10.6 Å². The number of hydrogen-bond donors (Lipinski definition) is 1. The molecule has 0 aromatic carbocycles. The number of ether oxygens (including phenoxy) is 1. The molecule has 2 N–H and O–H groups in total. The Hall–Kier alpha value is -1.01. The summed E-state index contributed by atoms with van der Waals surface area (Å²) in [5, 5.41) is 4.41. The number of nitrogen functional groups attached to an aromatic ring is 1. The minimum Gasteiger partial charge on any atom is -0.486 e. The molecule has 0 aliphatic carbocycles. The molecule has 0 saturated carbocycles. The second-order valence-corrected chi connectivity index (χ2v) is 4.44. The van der Waals surface area contributed by atoms with Gasteiger partial charge in [0.2, 0.25) is 0 Å². The average molecular weight is 275 g/mol. The molecule has 4 nitrogen and oxygen atoms in total. The second kappa shape index (κ2) is 3.62. The van der Waals surface area contributed by atoms with Crippen molar-refractivity contribution in [1.82, 2.24) is 5.16 Å². The van der Waals surface area contributed by atoms with E-state index in [1.54, 1.807) is 13.2 Å². The molecule has 0 spiro atoms. The van der Waals surface area contributed by atoms with Crippen molar-refractivity contribution < 1.29 is 9.26 Å². The number of anilines is 1. The Kier molecular flexibility index (Phi) is 2.47. The van der Waals surface area contributed by atoms with Crippen molar-refractivity contribution in [2.24, 2.45) is 0 Å². The van der Waals surface area contributed by atoms with Crippen LogP contribution in [0.3, 0.4) is 0 Å². The van der Waals surface area contributed by atoms with E-state index in [2.05, 4.69) is 21.1 Å². The molecule has 74 valence electrons. The minimum absolute atomic E-state index is 0.378. The van der Waals surface area contributed by atoms with Gasteiger partial charge in [0, 0.05) is 6.07 Å². The first-order valence-electron chi connectivity index (χ1n) is 3.76. The number of methoxy groups -OCH3 is 1. The molecule has 0 fully saturated rings. The van der Waals surface area contributed by atoms with E-state index < -0.39 is 0 Å². The summed E-state index contributed by atoms with van der Waals surface area (Å²) in [7, 11) is 1.62. The largest absolute Gasteiger partial charge is 0.486 e. The van der Waals surface area contributed by atoms with E-state index in [4.69, 9.17) is 15.0 Å². The molecule has 6 heteroatoms. The molecule has 0 saturated heterocycles. The third kappa shape index (κ3) is 1.62. The van der Waals surface area contributed by atoms with Crippen molar-refractivity contribution in [3.05, 3.63) is 16.6 Å². The van der Waals surface area contributed by atoms with Gasteiger partial charge in [-0.2, -0.15) is 0 Å². The van der Waals surface area contributed by atoms with Gasteiger partial charge in [-0.05, 0) is 22.0 Å². The zero-order chi connectivity index (χ0) is 10.1. The third-order valence-electron chi connectivity index (χ3n) is 1.61. The van der Waals surface area contributed by atoms with Crippen LogP contribution in [0.4, 0.5) is 5.82 Å². The van der Waals surface area contributed by atoms with Crippen molar-refractivity contribution in [2.45, 2.75) is 0 Å². The van der Waals surface area contributed by atoms with Crippen LogP contribution in [0.1, 0.15) is 0 Å². The first-order valence-corrected chi connectivity index (χ1v) is 5.37. The van der Waals surface area contributed by atoms with Crippen LogP contribution in [0.5, 0.6) is 5.06 Å². The highest BCUT2D eigenvalue weighted by Crippen LogP contribution is 2.40. The van der Waals surface area contributed by atoms with Crippen LogP contribution in [0.15, 0.2) is 21.1 Å². The van der Waals surface area contributed by atoms with Gasteiger partial charge in [-0.3, -0.25) is 0 Å². The number of aromatic nitrogens is 1. The van der Waals surface area contributed by atoms with Crippen molar-refractivity contribution in [3.8, 4) is 15.7 Å². The molecule has 0 aliphatic rings. The fraction of sp³-hybridized carbons (Fsp3) is 0.125. The number of hydrogen-bond acceptors (Lipinski definition) is 5. The Morgan fingerprint density at radius 1 is 1.57 bits per heavy atom. The smallest absolute Gasteiger partial charge is 0.188 e. The Morgan fingerprint density at radius 3 is 2.86 bits per heavy atom. The van der Waals surface area contributed by atoms with Crippen LogP contribution in [-0.4, -0.2) is 12.3 Å². The van der Waals surface area contributed by atoms with Gasteiger partial charge in [-0.25, -0.2) is 0 Å². The number of nitrogens with two attached hydrogens (primary N) is 1. The second-order valence-electron chi connectivity index (χ2n) is 2.57. The molecule has 0 atom stereocenters. The van der Waals surface area contributed by atoms with Crippen molar-refractivity contribution in [3.63, 3.8) is 0 Å². The summed E-state index contributed by atoms with van der Waals surface area (Å²) in [5.74, 6) is 1.03. The molecule has 2 aromatic rings. The lowest BCUT2D eigenvalue weighted by Crippen LogP contribution is -1.79. The molecule has 2 aromatic heterocycles. The number of thiophene rings is 1. The van der Waals surface area contributed by atoms with Gasteiger partial charge in [0.25, 0.3) is 0 Å². The molecule has 0 unspecified atom stereocenters. The van der Waals surface area contributed by atoms with Crippen LogP contribution in [0, 0.1) is 0 Å². The topological polar surface area (TPSA) is 61.3 Å². The molecule has 0 radical (unpaired) electrons. The minimum atomic E-state index is 0.378. The zero-order valence-corrected chi connectivity index (χ0v) is 9.68. The highest BCUT2D eigenvalue weighted by molar-refractivity contribution is 9.10. The Balaban J connectivity index is 2.42. The lowest BCUT2D eigenvalue weighted by Gasteiger charge is -1.91. The Bertz CT molecular complexity index is 452. The summed E-state index contributed by atoms with van der Waals surface area (Å²) in [6.07, 6.45) is 0. The molecule has 0 amide bonds. The average Bonchev–Trinajstić information content (AvgIpc) is 2.71. The summed E-state index contributed by atoms with van der Waals surface area (Å²) in [6.45, 7) is 0. The summed E-state index contributed by atoms with van der Waals surface area (Å²) >= 11 is 4.84. The summed E-state index contributed by atoms with van der Waals surface area (Å²) in [5.41, 5.74) is 5.45. The monoisotopic (exact) mass is 274 g/mol. The molecule has 0 bridgehead atoms. The predicted molar refractivity (Wildman–Crippen MR) is 58.5 cm³/mol. The van der Waals surface area contributed by atoms with Gasteiger partial charge in [-0.15, -0.1) is 0 Å². The molecule has 2 heterocycles. The highest BCUT2D eigenvalue weighted by atomic mass is 79.9. The first-order chi connectivity index (χ1) is 6.70. The van der Waals surface area contributed by atoms with Crippen LogP contribution < -0.4 is 10.5 Å². The molecular formula is C8H7BrN2O2S. The van der Waals surface area contributed by atoms with E-state index in [9.17, 15) is 0 Å². The normalized spacial score (nSPS) is 10.4. The van der Waals surface area contributed by atoms with Crippen molar-refractivity contribution >= 4 is 33.1 Å². The lowest BCUT2D eigenvalue weighted by molar-refractivity contribution is 0.425. The molecule has 0 aliphatic heterocycles. The maximum atomic E-state index is 5.45. The van der Waals surface area contributed by atoms with Gasteiger partial charge in [0.05, 0.1) is 16.5 Å². The fourth-order valence-corrected chi connectivity index (χ4v) is 2.62. The number of nitrogens with zero attached hydrogens (tertiary/aromatic N) is 1. The third-order valence-corrected chi connectivity index (χ3v) is 3.57. The maximum Gasteiger partial charge on any atom is 0.188 e. The van der Waals surface area contributed by atoms with E-state index in [0.717, 1.165) is 14.4 Å². The van der Waals surface area contributed by atoms with Crippen LogP contribution in [0.2, 0.25) is 0 Å². The summed E-state index contributed by atoms with van der Waals surface area (Å²) in [6, 6.07) is 3.58. The van der Waals surface area contributed by atoms with E-state index in [-0.39, 0.29) is 0 Å². The van der Waals surface area contributed by atoms with Gasteiger partial charge < -0.3 is 15.0 Å². The van der Waals surface area contributed by atoms with Crippen LogP contribution >= 0.6 is 27.3 Å². The fourth-order valence-electron chi connectivity index (χ4n) is 1.02. The summed E-state index contributed by atoms with van der Waals surface area (Å²) < 4.78 is 11.1. The van der Waals surface area contributed by atoms with E-state index in [0.29, 0.717) is 11.6 Å². The summed E-state index contributed by atoms with van der Waals surface area (Å²) in [4.78, 5) is 0.929. The lowest BCUT2D eigenvalue weighted by atomic mass is 10.4. The van der Waals surface area contributed by atoms with Gasteiger partial charge in [0.1, 0.15) is 0 Å². The highest BCUT2D eigenvalue weighted by Gasteiger charge is 2.12. The van der Waals surface area contributed by atoms with E-state index >= 15 is 0 Å². The van der Waals surface area contributed by atoms with Gasteiger partial charge >= 0.3 is 0 Å². The first kappa shape index (κ1) is 9.54. The molecule has 14 heavy (non-hydrogen) atoms. The predicted octanol–water partition coefficient (Wildman–Crippen LogP) is 2.76. The standard InChI is InChI=1S/C8H7BrN2O2S/c1-12-8-4(9)2-6(14-8)5-3-7(10)11-13-5/h2-3H,1H3,(H2,10,11). The van der Waals surface area contributed by atoms with Gasteiger partial charge in [0.15, 0.2) is 16.6 Å². The maximum absolute atomic E-state index is 5.45. The molecule has 2 rings (SSSR count). The zero-order valence-electron chi connectivity index (χ0n) is 7.28. The Morgan fingerprint density at radius 2 is 2.36 bits per heavy atom. The molecular weight excluding hydrogens is 268 g/mol. The van der Waals surface area contributed by atoms with Gasteiger partial charge in [-0.1, -0.05) is 16.5 Å².